The first-order valence-corrected chi connectivity index (χ1v) is 11.7. The molecule has 1 heterocycles. The molecule has 0 aliphatic carbocycles. The normalized spacial score (nSPS) is 22.2. The molecule has 3 unspecified atom stereocenters. The Morgan fingerprint density at radius 2 is 1.92 bits per heavy atom. The van der Waals surface area contributed by atoms with Crippen LogP contribution in [0, 0.1) is 0 Å². The van der Waals surface area contributed by atoms with E-state index in [1.807, 2.05) is 0 Å². The Bertz CT molecular complexity index is 442. The van der Waals surface area contributed by atoms with Crippen LogP contribution in [0.15, 0.2) is 0 Å². The van der Waals surface area contributed by atoms with Gasteiger partial charge in [0.2, 0.25) is 0 Å². The Morgan fingerprint density at radius 3 is 2.48 bits per heavy atom. The number of carbonyl (C=O) groups is 2. The molecular weight excluding hydrogens is 435 g/mol. The summed E-state index contributed by atoms with van der Waals surface area (Å²) < 4.78 is 9.92. The number of ether oxygens (including phenoxy) is 1. The van der Waals surface area contributed by atoms with Gasteiger partial charge in [-0.3, -0.25) is 0 Å². The summed E-state index contributed by atoms with van der Waals surface area (Å²) in [5.74, 6) is -0.176. The molecule has 0 aromatic carbocycles. The number of alkyl carbamates (subject to hydrolysis) is 1. The zero-order chi connectivity index (χ0) is 19.0. The third kappa shape index (κ3) is 9.05. The average molecular weight is 469 g/mol. The fraction of sp³-hybridized carbons (Fsp3) is 0.882. The molecule has 4 atom stereocenters. The fourth-order valence-electron chi connectivity index (χ4n) is 2.38. The molecule has 2 amide bonds. The van der Waals surface area contributed by atoms with Crippen molar-refractivity contribution in [2.45, 2.75) is 90.7 Å². The average Bonchev–Trinajstić information content (AvgIpc) is 3.26. The first-order chi connectivity index (χ1) is 11.7. The van der Waals surface area contributed by atoms with Crippen molar-refractivity contribution in [1.82, 2.24) is 19.5 Å². The Kier molecular flexibility index (Phi) is 9.44. The molecule has 1 fully saturated rings. The molecular formula is C17H34IN4O3-. The minimum absolute atomic E-state index is 0.0253. The number of hydrogen-bond donors (Lipinski definition) is 4. The third-order valence-electron chi connectivity index (χ3n) is 3.71. The van der Waals surface area contributed by atoms with E-state index in [-0.39, 0.29) is 39.5 Å². The monoisotopic (exact) mass is 469 g/mol. The predicted octanol–water partition coefficient (Wildman–Crippen LogP) is -1.51. The molecule has 7 nitrogen and oxygen atoms in total. The predicted molar refractivity (Wildman–Crippen MR) is 94.7 cm³/mol. The van der Waals surface area contributed by atoms with Crippen molar-refractivity contribution < 1.29 is 35.8 Å². The third-order valence-corrected chi connectivity index (χ3v) is 5.58. The zero-order valence-corrected chi connectivity index (χ0v) is 18.4. The van der Waals surface area contributed by atoms with Gasteiger partial charge in [-0.2, -0.15) is 0 Å². The van der Waals surface area contributed by atoms with Crippen molar-refractivity contribution in [2.75, 3.05) is 4.43 Å². The van der Waals surface area contributed by atoms with Gasteiger partial charge in [-0.15, -0.1) is 0 Å². The number of carbonyl (C=O) groups excluding carboxylic acids is 2. The summed E-state index contributed by atoms with van der Waals surface area (Å²) in [6, 6.07) is -0.281. The molecule has 8 heteroatoms. The van der Waals surface area contributed by atoms with Crippen LogP contribution in [0.2, 0.25) is 0 Å². The van der Waals surface area contributed by atoms with Crippen LogP contribution in [0.3, 0.4) is 0 Å². The van der Waals surface area contributed by atoms with E-state index in [1.165, 1.54) is 4.43 Å². The zero-order valence-electron chi connectivity index (χ0n) is 16.2. The molecule has 1 aliphatic rings. The second-order valence-electron chi connectivity index (χ2n) is 7.31. The first-order valence-electron chi connectivity index (χ1n) is 9.07. The van der Waals surface area contributed by atoms with Gasteiger partial charge < -0.3 is 0 Å². The van der Waals surface area contributed by atoms with Crippen molar-refractivity contribution in [1.29, 1.82) is 0 Å². The summed E-state index contributed by atoms with van der Waals surface area (Å²) in [4.78, 5) is 24.3. The van der Waals surface area contributed by atoms with Gasteiger partial charge in [-0.25, -0.2) is 0 Å². The van der Waals surface area contributed by atoms with E-state index in [1.54, 1.807) is 27.7 Å². The standard InChI is InChI=1S/C17H34IN4O3/c1-7-9-10-12(13-14(21-13)22-18-8-2)20-15(23)11(3)19-16(24)25-17(4,5)6/h11-14,21-22H,7-10H2,1-6H3,(H,19,24)(H,20,23)/q-1/t11?,12?,13-,14?/m0/s1. The van der Waals surface area contributed by atoms with Gasteiger partial charge >= 0.3 is 162 Å². The number of rotatable bonds is 10. The summed E-state index contributed by atoms with van der Waals surface area (Å²) >= 11 is 0.0253. The molecule has 25 heavy (non-hydrogen) atoms. The van der Waals surface area contributed by atoms with Crippen molar-refractivity contribution >= 4 is 12.0 Å². The van der Waals surface area contributed by atoms with Crippen molar-refractivity contribution in [3.63, 3.8) is 0 Å². The van der Waals surface area contributed by atoms with Crippen LogP contribution in [0.25, 0.3) is 0 Å². The topological polar surface area (TPSA) is 101 Å². The summed E-state index contributed by atoms with van der Waals surface area (Å²) in [5, 5.41) is 9.11. The van der Waals surface area contributed by atoms with Crippen molar-refractivity contribution in [3.8, 4) is 0 Å². The molecule has 0 aromatic rings. The van der Waals surface area contributed by atoms with E-state index in [4.69, 9.17) is 4.74 Å². The van der Waals surface area contributed by atoms with E-state index in [0.717, 1.165) is 19.3 Å². The Labute approximate surface area is 162 Å². The van der Waals surface area contributed by atoms with Crippen LogP contribution in [0.1, 0.15) is 60.8 Å². The van der Waals surface area contributed by atoms with E-state index in [9.17, 15) is 9.59 Å². The van der Waals surface area contributed by atoms with E-state index < -0.39 is 17.7 Å². The van der Waals surface area contributed by atoms with Gasteiger partial charge in [-0.1, -0.05) is 0 Å². The van der Waals surface area contributed by atoms with Gasteiger partial charge in [0.15, 0.2) is 0 Å². The molecule has 0 spiro atoms. The van der Waals surface area contributed by atoms with Gasteiger partial charge in [-0.05, 0) is 0 Å². The Balaban J connectivity index is 2.49. The SMILES string of the molecule is CCCCC(NC(=O)C(C)NC(=O)OC(C)(C)C)[C@@H]1NC1N[I-]CC. The van der Waals surface area contributed by atoms with Crippen LogP contribution in [0.4, 0.5) is 4.79 Å². The Morgan fingerprint density at radius 1 is 1.24 bits per heavy atom. The van der Waals surface area contributed by atoms with Crippen LogP contribution in [-0.2, 0) is 9.53 Å². The van der Waals surface area contributed by atoms with E-state index in [0.29, 0.717) is 6.17 Å². The summed E-state index contributed by atoms with van der Waals surface area (Å²) in [7, 11) is 0. The number of halogens is 1. The Hall–Kier alpha value is -0.610. The van der Waals surface area contributed by atoms with E-state index in [2.05, 4.69) is 33.3 Å². The van der Waals surface area contributed by atoms with Crippen molar-refractivity contribution in [3.05, 3.63) is 0 Å². The number of unbranched alkanes of at least 4 members (excludes halogenated alkanes) is 1. The molecule has 0 aromatic heterocycles. The summed E-state index contributed by atoms with van der Waals surface area (Å²) in [6.45, 7) is 11.4. The molecule has 1 aliphatic heterocycles. The molecule has 0 saturated carbocycles. The maximum atomic E-state index is 12.4. The molecule has 0 radical (unpaired) electrons. The fourth-order valence-corrected chi connectivity index (χ4v) is 3.87. The number of amides is 2. The maximum absolute atomic E-state index is 12.4. The van der Waals surface area contributed by atoms with E-state index >= 15 is 0 Å². The minimum atomic E-state index is -0.632. The van der Waals surface area contributed by atoms with Gasteiger partial charge in [0.1, 0.15) is 0 Å². The summed E-state index contributed by atoms with van der Waals surface area (Å²) in [5.41, 5.74) is -0.580. The quantitative estimate of drug-likeness (QED) is 0.135. The van der Waals surface area contributed by atoms with Crippen molar-refractivity contribution in [2.24, 2.45) is 0 Å². The number of hydrogen-bond acceptors (Lipinski definition) is 5. The van der Waals surface area contributed by atoms with Crippen LogP contribution in [-0.4, -0.2) is 46.3 Å². The molecule has 1 saturated heterocycles. The van der Waals surface area contributed by atoms with Crippen LogP contribution >= 0.6 is 0 Å². The second kappa shape index (κ2) is 10.5. The molecule has 0 bridgehead atoms. The van der Waals surface area contributed by atoms with Crippen LogP contribution < -0.4 is 41.0 Å². The van der Waals surface area contributed by atoms with Crippen LogP contribution in [0.5, 0.6) is 0 Å². The first kappa shape index (κ1) is 22.4. The molecule has 1 rings (SSSR count). The van der Waals surface area contributed by atoms with Gasteiger partial charge in [0.25, 0.3) is 0 Å². The molecule has 4 N–H and O–H groups in total. The second-order valence-corrected chi connectivity index (χ2v) is 10.2. The molecule has 148 valence electrons. The number of nitrogens with one attached hydrogen (secondary N) is 4. The summed E-state index contributed by atoms with van der Waals surface area (Å²) in [6.07, 6.45) is 2.82. The number of alkyl halides is 1. The van der Waals surface area contributed by atoms with Gasteiger partial charge in [0, 0.05) is 0 Å². The van der Waals surface area contributed by atoms with Gasteiger partial charge in [0.05, 0.1) is 0 Å².